The van der Waals surface area contributed by atoms with Crippen LogP contribution in [0.2, 0.25) is 5.02 Å². The molecule has 1 N–H and O–H groups in total. The molecule has 1 atom stereocenters. The monoisotopic (exact) mass is 631 g/mol. The van der Waals surface area contributed by atoms with Gasteiger partial charge in [-0.05, 0) is 61.7 Å². The molecule has 0 heterocycles. The van der Waals surface area contributed by atoms with Gasteiger partial charge in [-0.2, -0.15) is 0 Å². The lowest BCUT2D eigenvalue weighted by atomic mass is 10.1. The van der Waals surface area contributed by atoms with Crippen molar-refractivity contribution in [2.45, 2.75) is 56.1 Å². The maximum absolute atomic E-state index is 14.0. The van der Waals surface area contributed by atoms with E-state index in [0.29, 0.717) is 20.7 Å². The van der Waals surface area contributed by atoms with Crippen LogP contribution in [-0.4, -0.2) is 43.8 Å². The van der Waals surface area contributed by atoms with Crippen molar-refractivity contribution >= 4 is 55.1 Å². The number of nitrogens with zero attached hydrogens (tertiary/aromatic N) is 2. The second-order valence-corrected chi connectivity index (χ2v) is 12.8. The number of carbonyl (C=O) groups excluding carboxylic acids is 2. The summed E-state index contributed by atoms with van der Waals surface area (Å²) in [5, 5.41) is 3.52. The molecule has 1 fully saturated rings. The van der Waals surface area contributed by atoms with Crippen LogP contribution in [0, 0.1) is 0 Å². The van der Waals surface area contributed by atoms with Crippen LogP contribution in [0.25, 0.3) is 0 Å². The Morgan fingerprint density at radius 3 is 2.33 bits per heavy atom. The fourth-order valence-corrected chi connectivity index (χ4v) is 6.67. The van der Waals surface area contributed by atoms with E-state index in [2.05, 4.69) is 21.2 Å². The molecule has 0 saturated heterocycles. The fourth-order valence-electron chi connectivity index (χ4n) is 4.66. The standard InChI is InChI=1S/C29H31BrClN3O4S/c1-21(29(36)32-24-12-6-7-13-24)33(19-22-10-5-8-17-27(22)31)28(35)20-34(25-14-9-11-23(30)18-25)39(37,38)26-15-3-2-4-16-26/h2-5,8-11,14-18,21,24H,6-7,12-13,19-20H2,1H3,(H,32,36)/t21-/m0/s1. The Morgan fingerprint density at radius 2 is 1.67 bits per heavy atom. The molecule has 2 amide bonds. The Balaban J connectivity index is 1.69. The van der Waals surface area contributed by atoms with Gasteiger partial charge >= 0.3 is 0 Å². The SMILES string of the molecule is C[C@@H](C(=O)NC1CCCC1)N(Cc1ccccc1Cl)C(=O)CN(c1cccc(Br)c1)S(=O)(=O)c1ccccc1. The first-order valence-electron chi connectivity index (χ1n) is 12.8. The van der Waals surface area contributed by atoms with E-state index in [4.69, 9.17) is 11.6 Å². The van der Waals surface area contributed by atoms with Crippen molar-refractivity contribution in [1.29, 1.82) is 0 Å². The van der Waals surface area contributed by atoms with E-state index in [1.807, 2.05) is 0 Å². The van der Waals surface area contributed by atoms with Crippen LogP contribution >= 0.6 is 27.5 Å². The highest BCUT2D eigenvalue weighted by atomic mass is 79.9. The minimum atomic E-state index is -4.11. The van der Waals surface area contributed by atoms with E-state index in [0.717, 1.165) is 30.0 Å². The van der Waals surface area contributed by atoms with E-state index in [1.54, 1.807) is 73.7 Å². The van der Waals surface area contributed by atoms with Gasteiger partial charge in [0.2, 0.25) is 11.8 Å². The van der Waals surface area contributed by atoms with Crippen molar-refractivity contribution in [1.82, 2.24) is 10.2 Å². The number of anilines is 1. The number of benzene rings is 3. The minimum Gasteiger partial charge on any atom is -0.352 e. The highest BCUT2D eigenvalue weighted by Gasteiger charge is 2.33. The molecule has 7 nitrogen and oxygen atoms in total. The molecule has 3 aromatic rings. The van der Waals surface area contributed by atoms with Crippen molar-refractivity contribution in [2.24, 2.45) is 0 Å². The largest absolute Gasteiger partial charge is 0.352 e. The van der Waals surface area contributed by atoms with Gasteiger partial charge in [0.1, 0.15) is 12.6 Å². The molecule has 1 aliphatic carbocycles. The van der Waals surface area contributed by atoms with Gasteiger partial charge in [-0.1, -0.05) is 82.8 Å². The molecule has 1 saturated carbocycles. The summed E-state index contributed by atoms with van der Waals surface area (Å²) in [6.07, 6.45) is 3.92. The Labute approximate surface area is 243 Å². The summed E-state index contributed by atoms with van der Waals surface area (Å²) in [6, 6.07) is 21.1. The van der Waals surface area contributed by atoms with E-state index in [-0.39, 0.29) is 23.4 Å². The highest BCUT2D eigenvalue weighted by molar-refractivity contribution is 9.10. The minimum absolute atomic E-state index is 0.0511. The zero-order chi connectivity index (χ0) is 28.0. The van der Waals surface area contributed by atoms with Crippen LogP contribution in [-0.2, 0) is 26.2 Å². The second-order valence-electron chi connectivity index (χ2n) is 9.58. The van der Waals surface area contributed by atoms with Crippen LogP contribution in [0.5, 0.6) is 0 Å². The van der Waals surface area contributed by atoms with Gasteiger partial charge in [0, 0.05) is 22.1 Å². The Morgan fingerprint density at radius 1 is 1.00 bits per heavy atom. The van der Waals surface area contributed by atoms with Gasteiger partial charge in [-0.3, -0.25) is 13.9 Å². The molecule has 1 aliphatic rings. The molecule has 0 aromatic heterocycles. The number of halogens is 2. The van der Waals surface area contributed by atoms with Crippen molar-refractivity contribution in [3.63, 3.8) is 0 Å². The molecule has 10 heteroatoms. The van der Waals surface area contributed by atoms with Gasteiger partial charge in [0.15, 0.2) is 0 Å². The third-order valence-electron chi connectivity index (χ3n) is 6.87. The maximum atomic E-state index is 14.0. The first-order valence-corrected chi connectivity index (χ1v) is 15.4. The Kier molecular flexibility index (Phi) is 9.69. The average molecular weight is 633 g/mol. The Bertz CT molecular complexity index is 1410. The normalized spacial score (nSPS) is 14.5. The molecule has 0 unspecified atom stereocenters. The smallest absolute Gasteiger partial charge is 0.264 e. The van der Waals surface area contributed by atoms with Gasteiger partial charge in [0.05, 0.1) is 10.6 Å². The number of sulfonamides is 1. The molecule has 0 aliphatic heterocycles. The van der Waals surface area contributed by atoms with Crippen LogP contribution in [0.1, 0.15) is 38.2 Å². The third kappa shape index (κ3) is 7.21. The molecule has 3 aromatic carbocycles. The number of hydrogen-bond acceptors (Lipinski definition) is 4. The number of carbonyl (C=O) groups is 2. The summed E-state index contributed by atoms with van der Waals surface area (Å²) in [4.78, 5) is 28.7. The van der Waals surface area contributed by atoms with Crippen molar-refractivity contribution in [3.05, 3.63) is 93.9 Å². The van der Waals surface area contributed by atoms with Crippen LogP contribution in [0.4, 0.5) is 5.69 Å². The van der Waals surface area contributed by atoms with Gasteiger partial charge in [-0.15, -0.1) is 0 Å². The zero-order valence-corrected chi connectivity index (χ0v) is 24.8. The lowest BCUT2D eigenvalue weighted by Crippen LogP contribution is -2.52. The number of nitrogens with one attached hydrogen (secondary N) is 1. The molecule has 0 bridgehead atoms. The molecule has 0 radical (unpaired) electrons. The molecular formula is C29H31BrClN3O4S. The van der Waals surface area contributed by atoms with E-state index < -0.39 is 28.5 Å². The second kappa shape index (κ2) is 13.0. The first-order chi connectivity index (χ1) is 18.7. The lowest BCUT2D eigenvalue weighted by molar-refractivity contribution is -0.139. The summed E-state index contributed by atoms with van der Waals surface area (Å²) in [6.45, 7) is 1.21. The summed E-state index contributed by atoms with van der Waals surface area (Å²) in [5.41, 5.74) is 0.982. The van der Waals surface area contributed by atoms with Gasteiger partial charge in [-0.25, -0.2) is 8.42 Å². The molecule has 0 spiro atoms. The molecular weight excluding hydrogens is 602 g/mol. The predicted octanol–water partition coefficient (Wildman–Crippen LogP) is 5.77. The molecule has 4 rings (SSSR count). The summed E-state index contributed by atoms with van der Waals surface area (Å²) >= 11 is 9.82. The average Bonchev–Trinajstić information content (AvgIpc) is 3.44. The lowest BCUT2D eigenvalue weighted by Gasteiger charge is -2.32. The van der Waals surface area contributed by atoms with Gasteiger partial charge < -0.3 is 10.2 Å². The fraction of sp³-hybridized carbons (Fsp3) is 0.310. The first kappa shape index (κ1) is 29.1. The van der Waals surface area contributed by atoms with Crippen LogP contribution in [0.15, 0.2) is 88.2 Å². The number of rotatable bonds is 10. The summed E-state index contributed by atoms with van der Waals surface area (Å²) in [5.74, 6) is -0.800. The Hall–Kier alpha value is -2.88. The van der Waals surface area contributed by atoms with Crippen molar-refractivity contribution in [3.8, 4) is 0 Å². The van der Waals surface area contributed by atoms with E-state index >= 15 is 0 Å². The van der Waals surface area contributed by atoms with E-state index in [1.165, 1.54) is 17.0 Å². The third-order valence-corrected chi connectivity index (χ3v) is 9.52. The van der Waals surface area contributed by atoms with E-state index in [9.17, 15) is 18.0 Å². The highest BCUT2D eigenvalue weighted by Crippen LogP contribution is 2.27. The quantitative estimate of drug-likeness (QED) is 0.307. The van der Waals surface area contributed by atoms with Crippen LogP contribution < -0.4 is 9.62 Å². The zero-order valence-electron chi connectivity index (χ0n) is 21.6. The van der Waals surface area contributed by atoms with Crippen molar-refractivity contribution < 1.29 is 18.0 Å². The predicted molar refractivity (Wildman–Crippen MR) is 157 cm³/mol. The molecule has 39 heavy (non-hydrogen) atoms. The molecule has 206 valence electrons. The maximum Gasteiger partial charge on any atom is 0.264 e. The van der Waals surface area contributed by atoms with Crippen LogP contribution in [0.3, 0.4) is 0 Å². The number of hydrogen-bond donors (Lipinski definition) is 1. The number of amides is 2. The van der Waals surface area contributed by atoms with Crippen molar-refractivity contribution in [2.75, 3.05) is 10.8 Å². The summed E-state index contributed by atoms with van der Waals surface area (Å²) in [7, 11) is -4.11. The topological polar surface area (TPSA) is 86.8 Å². The van der Waals surface area contributed by atoms with Gasteiger partial charge in [0.25, 0.3) is 10.0 Å². The summed E-state index contributed by atoms with van der Waals surface area (Å²) < 4.78 is 29.3.